The Bertz CT molecular complexity index is 956. The first kappa shape index (κ1) is 18.0. The number of piperazine rings is 1. The van der Waals surface area contributed by atoms with Crippen molar-refractivity contribution in [1.82, 2.24) is 19.6 Å². The van der Waals surface area contributed by atoms with E-state index in [0.29, 0.717) is 43.4 Å². The highest BCUT2D eigenvalue weighted by Crippen LogP contribution is 2.37. The molecule has 8 nitrogen and oxygen atoms in total. The van der Waals surface area contributed by atoms with Gasteiger partial charge in [-0.2, -0.15) is 5.10 Å². The maximum atomic E-state index is 13.3. The number of benzene rings is 1. The van der Waals surface area contributed by atoms with E-state index in [9.17, 15) is 9.59 Å². The number of aryl methyl sites for hydroxylation is 1. The number of piperidine rings is 2. The molecule has 0 aliphatic carbocycles. The Labute approximate surface area is 169 Å². The molecule has 3 fully saturated rings. The SMILES string of the molecule is Cc1ccnn1CC(=O)N1CC2CCC1CN2C(=O)c1cccc2c1OCCO2. The average Bonchev–Trinajstić information content (AvgIpc) is 3.17. The molecule has 2 unspecified atom stereocenters. The Balaban J connectivity index is 1.32. The van der Waals surface area contributed by atoms with E-state index < -0.39 is 0 Å². The largest absolute Gasteiger partial charge is 0.486 e. The van der Waals surface area contributed by atoms with Gasteiger partial charge < -0.3 is 19.3 Å². The van der Waals surface area contributed by atoms with Gasteiger partial charge in [-0.25, -0.2) is 0 Å². The van der Waals surface area contributed by atoms with Gasteiger partial charge in [-0.3, -0.25) is 14.3 Å². The van der Waals surface area contributed by atoms with Gasteiger partial charge in [0.25, 0.3) is 5.91 Å². The first-order valence-electron chi connectivity index (χ1n) is 10.1. The molecule has 8 heteroatoms. The van der Waals surface area contributed by atoms with Crippen LogP contribution in [0, 0.1) is 6.92 Å². The molecule has 0 N–H and O–H groups in total. The molecule has 2 aromatic rings. The number of rotatable bonds is 3. The number of carbonyl (C=O) groups excluding carboxylic acids is 2. The zero-order valence-corrected chi connectivity index (χ0v) is 16.4. The van der Waals surface area contributed by atoms with Gasteiger partial charge in [-0.1, -0.05) is 6.07 Å². The van der Waals surface area contributed by atoms with Crippen molar-refractivity contribution in [3.63, 3.8) is 0 Å². The Morgan fingerprint density at radius 3 is 2.55 bits per heavy atom. The Morgan fingerprint density at radius 2 is 1.83 bits per heavy atom. The molecule has 6 rings (SSSR count). The third kappa shape index (κ3) is 3.12. The van der Waals surface area contributed by atoms with E-state index >= 15 is 0 Å². The Morgan fingerprint density at radius 1 is 1.07 bits per heavy atom. The predicted octanol–water partition coefficient (Wildman–Crippen LogP) is 1.48. The lowest BCUT2D eigenvalue weighted by molar-refractivity contribution is -0.141. The molecule has 1 aromatic carbocycles. The summed E-state index contributed by atoms with van der Waals surface area (Å²) in [6, 6.07) is 7.40. The number of fused-ring (bicyclic) bond motifs is 4. The lowest BCUT2D eigenvalue weighted by Gasteiger charge is -2.51. The van der Waals surface area contributed by atoms with Crippen LogP contribution in [-0.4, -0.2) is 69.8 Å². The fourth-order valence-electron chi connectivity index (χ4n) is 4.56. The van der Waals surface area contributed by atoms with Gasteiger partial charge in [0.15, 0.2) is 11.5 Å². The normalized spacial score (nSPS) is 22.7. The zero-order valence-electron chi connectivity index (χ0n) is 16.4. The van der Waals surface area contributed by atoms with Crippen molar-refractivity contribution in [2.75, 3.05) is 26.3 Å². The molecular formula is C21H24N4O4. The van der Waals surface area contributed by atoms with Gasteiger partial charge in [0, 0.05) is 37.1 Å². The molecule has 0 spiro atoms. The van der Waals surface area contributed by atoms with Crippen LogP contribution in [0.15, 0.2) is 30.5 Å². The number of ether oxygens (including phenoxy) is 2. The number of carbonyl (C=O) groups is 2. The van der Waals surface area contributed by atoms with Gasteiger partial charge in [0.2, 0.25) is 5.91 Å². The molecule has 2 bridgehead atoms. The van der Waals surface area contributed by atoms with Crippen molar-refractivity contribution in [1.29, 1.82) is 0 Å². The van der Waals surface area contributed by atoms with Crippen molar-refractivity contribution in [2.45, 2.75) is 38.4 Å². The van der Waals surface area contributed by atoms with Gasteiger partial charge in [0.1, 0.15) is 19.8 Å². The third-order valence-electron chi connectivity index (χ3n) is 6.12. The fraction of sp³-hybridized carbons (Fsp3) is 0.476. The summed E-state index contributed by atoms with van der Waals surface area (Å²) < 4.78 is 13.1. The summed E-state index contributed by atoms with van der Waals surface area (Å²) in [7, 11) is 0. The van der Waals surface area contributed by atoms with E-state index in [1.165, 1.54) is 0 Å². The van der Waals surface area contributed by atoms with Crippen molar-refractivity contribution in [2.24, 2.45) is 0 Å². The number of amides is 2. The lowest BCUT2D eigenvalue weighted by atomic mass is 9.90. The topological polar surface area (TPSA) is 76.9 Å². The monoisotopic (exact) mass is 396 g/mol. The minimum Gasteiger partial charge on any atom is -0.486 e. The van der Waals surface area contributed by atoms with E-state index in [4.69, 9.17) is 9.47 Å². The second kappa shape index (κ2) is 7.09. The molecule has 4 aliphatic heterocycles. The first-order valence-corrected chi connectivity index (χ1v) is 10.1. The summed E-state index contributed by atoms with van der Waals surface area (Å²) in [4.78, 5) is 30.0. The summed E-state index contributed by atoms with van der Waals surface area (Å²) in [5, 5.41) is 4.22. The van der Waals surface area contributed by atoms with Crippen LogP contribution in [-0.2, 0) is 11.3 Å². The molecule has 152 valence electrons. The van der Waals surface area contributed by atoms with E-state index in [-0.39, 0.29) is 30.4 Å². The lowest BCUT2D eigenvalue weighted by Crippen LogP contribution is -2.65. The Hall–Kier alpha value is -3.03. The van der Waals surface area contributed by atoms with Crippen molar-refractivity contribution >= 4 is 11.8 Å². The Kier molecular flexibility index (Phi) is 4.41. The highest BCUT2D eigenvalue weighted by molar-refractivity contribution is 5.98. The van der Waals surface area contributed by atoms with Crippen LogP contribution in [0.1, 0.15) is 28.9 Å². The summed E-state index contributed by atoms with van der Waals surface area (Å²) in [6.45, 7) is 4.24. The van der Waals surface area contributed by atoms with E-state index in [2.05, 4.69) is 5.10 Å². The van der Waals surface area contributed by atoms with E-state index in [1.807, 2.05) is 34.9 Å². The summed E-state index contributed by atoms with van der Waals surface area (Å²) in [5.74, 6) is 1.17. The van der Waals surface area contributed by atoms with Crippen LogP contribution in [0.4, 0.5) is 0 Å². The van der Waals surface area contributed by atoms with Crippen LogP contribution in [0.5, 0.6) is 11.5 Å². The molecule has 0 saturated carbocycles. The zero-order chi connectivity index (χ0) is 20.0. The molecule has 29 heavy (non-hydrogen) atoms. The maximum Gasteiger partial charge on any atom is 0.258 e. The van der Waals surface area contributed by atoms with Gasteiger partial charge >= 0.3 is 0 Å². The highest BCUT2D eigenvalue weighted by Gasteiger charge is 2.43. The van der Waals surface area contributed by atoms with Crippen LogP contribution < -0.4 is 9.47 Å². The number of hydrogen-bond donors (Lipinski definition) is 0. The second-order valence-corrected chi connectivity index (χ2v) is 7.85. The number of nitrogens with zero attached hydrogens (tertiary/aromatic N) is 4. The maximum absolute atomic E-state index is 13.3. The van der Waals surface area contributed by atoms with Gasteiger partial charge in [-0.15, -0.1) is 0 Å². The summed E-state index contributed by atoms with van der Waals surface area (Å²) >= 11 is 0. The minimum absolute atomic E-state index is 0.0236. The van der Waals surface area contributed by atoms with Gasteiger partial charge in [0.05, 0.1) is 5.56 Å². The smallest absolute Gasteiger partial charge is 0.258 e. The van der Waals surface area contributed by atoms with Crippen molar-refractivity contribution < 1.29 is 19.1 Å². The summed E-state index contributed by atoms with van der Waals surface area (Å²) in [5.41, 5.74) is 1.51. The number of para-hydroxylation sites is 1. The van der Waals surface area contributed by atoms with E-state index in [1.54, 1.807) is 16.9 Å². The summed E-state index contributed by atoms with van der Waals surface area (Å²) in [6.07, 6.45) is 3.54. The minimum atomic E-state index is -0.0444. The molecule has 0 radical (unpaired) electrons. The molecule has 1 aromatic heterocycles. The molecule has 2 atom stereocenters. The standard InChI is InChI=1S/C21H24N4O4/c1-14-7-8-22-25(14)13-19(26)23-11-16-6-5-15(23)12-24(16)21(27)17-3-2-4-18-20(17)29-10-9-28-18/h2-4,7-8,15-16H,5-6,9-13H2,1H3. The molecule has 3 saturated heterocycles. The first-order chi connectivity index (χ1) is 14.1. The van der Waals surface area contributed by atoms with E-state index in [0.717, 1.165) is 18.5 Å². The molecule has 4 aliphatic rings. The van der Waals surface area contributed by atoms with Crippen molar-refractivity contribution in [3.8, 4) is 11.5 Å². The predicted molar refractivity (Wildman–Crippen MR) is 104 cm³/mol. The molecule has 2 amide bonds. The fourth-order valence-corrected chi connectivity index (χ4v) is 4.56. The average molecular weight is 396 g/mol. The van der Waals surface area contributed by atoms with Crippen LogP contribution >= 0.6 is 0 Å². The molecule has 5 heterocycles. The number of hydrogen-bond acceptors (Lipinski definition) is 5. The second-order valence-electron chi connectivity index (χ2n) is 7.85. The quantitative estimate of drug-likeness (QED) is 0.786. The van der Waals surface area contributed by atoms with Gasteiger partial charge in [-0.05, 0) is 38.0 Å². The highest BCUT2D eigenvalue weighted by atomic mass is 16.6. The van der Waals surface area contributed by atoms with Crippen LogP contribution in [0.2, 0.25) is 0 Å². The third-order valence-corrected chi connectivity index (χ3v) is 6.12. The van der Waals surface area contributed by atoms with Crippen molar-refractivity contribution in [3.05, 3.63) is 41.7 Å². The van der Waals surface area contributed by atoms with Crippen LogP contribution in [0.3, 0.4) is 0 Å². The van der Waals surface area contributed by atoms with Crippen LogP contribution in [0.25, 0.3) is 0 Å². The molecular weight excluding hydrogens is 372 g/mol. The number of aromatic nitrogens is 2.